The highest BCUT2D eigenvalue weighted by atomic mass is 19.1. The number of halogens is 1. The van der Waals surface area contributed by atoms with E-state index in [0.717, 1.165) is 0 Å². The van der Waals surface area contributed by atoms with Gasteiger partial charge in [0.2, 0.25) is 0 Å². The van der Waals surface area contributed by atoms with Gasteiger partial charge in [0.1, 0.15) is 11.6 Å². The van der Waals surface area contributed by atoms with Crippen molar-refractivity contribution in [3.05, 3.63) is 94.7 Å². The van der Waals surface area contributed by atoms with E-state index < -0.39 is 11.7 Å². The average Bonchev–Trinajstić information content (AvgIpc) is 2.76. The van der Waals surface area contributed by atoms with Gasteiger partial charge < -0.3 is 10.1 Å². The standard InChI is InChI=1S/C22H16FN3O3/c1-29-17-12-10-16(11-13-17)26-22(28)19-5-3-2-4-18(19)20(25-26)21(27)24-15-8-6-14(23)7-9-15/h2-13H,1H3,(H,24,27). The third-order valence-electron chi connectivity index (χ3n) is 4.44. The van der Waals surface area contributed by atoms with Crippen LogP contribution in [0.5, 0.6) is 5.75 Å². The Kier molecular flexibility index (Phi) is 4.78. The molecule has 0 spiro atoms. The van der Waals surface area contributed by atoms with Gasteiger partial charge in [-0.1, -0.05) is 18.2 Å². The van der Waals surface area contributed by atoms with Crippen molar-refractivity contribution in [1.82, 2.24) is 9.78 Å². The summed E-state index contributed by atoms with van der Waals surface area (Å²) in [6, 6.07) is 19.0. The van der Waals surface area contributed by atoms with Gasteiger partial charge in [-0.2, -0.15) is 9.78 Å². The van der Waals surface area contributed by atoms with Gasteiger partial charge in [-0.15, -0.1) is 0 Å². The van der Waals surface area contributed by atoms with Crippen LogP contribution in [0.15, 0.2) is 77.6 Å². The Labute approximate surface area is 165 Å². The normalized spacial score (nSPS) is 10.7. The van der Waals surface area contributed by atoms with Crippen molar-refractivity contribution in [1.29, 1.82) is 0 Å². The van der Waals surface area contributed by atoms with Crippen LogP contribution in [-0.4, -0.2) is 22.8 Å². The lowest BCUT2D eigenvalue weighted by atomic mass is 10.1. The van der Waals surface area contributed by atoms with Gasteiger partial charge in [0.15, 0.2) is 5.69 Å². The summed E-state index contributed by atoms with van der Waals surface area (Å²) < 4.78 is 19.4. The van der Waals surface area contributed by atoms with E-state index in [2.05, 4.69) is 10.4 Å². The van der Waals surface area contributed by atoms with Crippen LogP contribution in [0.1, 0.15) is 10.5 Å². The molecule has 0 unspecified atom stereocenters. The largest absolute Gasteiger partial charge is 0.497 e. The number of anilines is 1. The fourth-order valence-electron chi connectivity index (χ4n) is 2.98. The van der Waals surface area contributed by atoms with E-state index in [0.29, 0.717) is 27.9 Å². The monoisotopic (exact) mass is 389 g/mol. The third kappa shape index (κ3) is 3.58. The molecule has 4 aromatic rings. The van der Waals surface area contributed by atoms with Crippen LogP contribution < -0.4 is 15.6 Å². The van der Waals surface area contributed by atoms with Crippen molar-refractivity contribution in [3.8, 4) is 11.4 Å². The molecule has 0 bridgehead atoms. The van der Waals surface area contributed by atoms with Crippen molar-refractivity contribution >= 4 is 22.4 Å². The summed E-state index contributed by atoms with van der Waals surface area (Å²) >= 11 is 0. The number of hydrogen-bond donors (Lipinski definition) is 1. The summed E-state index contributed by atoms with van der Waals surface area (Å²) in [6.45, 7) is 0. The zero-order chi connectivity index (χ0) is 20.4. The Hall–Kier alpha value is -4.00. The first-order valence-electron chi connectivity index (χ1n) is 8.80. The summed E-state index contributed by atoms with van der Waals surface area (Å²) in [6.07, 6.45) is 0. The molecule has 1 heterocycles. The van der Waals surface area contributed by atoms with Crippen LogP contribution in [-0.2, 0) is 0 Å². The number of carbonyl (C=O) groups is 1. The Bertz CT molecular complexity index is 1250. The summed E-state index contributed by atoms with van der Waals surface area (Å²) in [4.78, 5) is 25.9. The zero-order valence-electron chi connectivity index (χ0n) is 15.4. The van der Waals surface area contributed by atoms with E-state index in [4.69, 9.17) is 4.74 Å². The van der Waals surface area contributed by atoms with Crippen molar-refractivity contribution in [2.45, 2.75) is 0 Å². The first kappa shape index (κ1) is 18.4. The number of hydrogen-bond acceptors (Lipinski definition) is 4. The van der Waals surface area contributed by atoms with E-state index in [-0.39, 0.29) is 11.3 Å². The molecule has 144 valence electrons. The molecule has 29 heavy (non-hydrogen) atoms. The van der Waals surface area contributed by atoms with E-state index in [1.807, 2.05) is 0 Å². The molecule has 0 fully saturated rings. The number of nitrogens with one attached hydrogen (secondary N) is 1. The maximum Gasteiger partial charge on any atom is 0.279 e. The summed E-state index contributed by atoms with van der Waals surface area (Å²) in [5, 5.41) is 7.80. The van der Waals surface area contributed by atoms with Gasteiger partial charge in [-0.05, 0) is 54.6 Å². The maximum absolute atomic E-state index is 13.1. The van der Waals surface area contributed by atoms with E-state index in [1.165, 1.54) is 28.9 Å². The molecule has 0 aliphatic rings. The first-order valence-corrected chi connectivity index (χ1v) is 8.80. The van der Waals surface area contributed by atoms with Crippen molar-refractivity contribution in [3.63, 3.8) is 0 Å². The first-order chi connectivity index (χ1) is 14.1. The molecule has 0 saturated heterocycles. The van der Waals surface area contributed by atoms with Crippen molar-refractivity contribution in [2.75, 3.05) is 12.4 Å². The molecule has 1 aromatic heterocycles. The number of amides is 1. The molecule has 0 aliphatic carbocycles. The molecule has 1 amide bonds. The molecule has 4 rings (SSSR count). The quantitative estimate of drug-likeness (QED) is 0.576. The van der Waals surface area contributed by atoms with Crippen LogP contribution in [0.25, 0.3) is 16.5 Å². The second-order valence-electron chi connectivity index (χ2n) is 6.27. The van der Waals surface area contributed by atoms with Gasteiger partial charge in [0.05, 0.1) is 18.2 Å². The maximum atomic E-state index is 13.1. The lowest BCUT2D eigenvalue weighted by molar-refractivity contribution is 0.102. The van der Waals surface area contributed by atoms with E-state index in [9.17, 15) is 14.0 Å². The van der Waals surface area contributed by atoms with Gasteiger partial charge >= 0.3 is 0 Å². The third-order valence-corrected chi connectivity index (χ3v) is 4.44. The van der Waals surface area contributed by atoms with Gasteiger partial charge in [-0.3, -0.25) is 9.59 Å². The smallest absolute Gasteiger partial charge is 0.279 e. The van der Waals surface area contributed by atoms with Gasteiger partial charge in [0, 0.05) is 11.1 Å². The summed E-state index contributed by atoms with van der Waals surface area (Å²) in [7, 11) is 1.55. The second-order valence-corrected chi connectivity index (χ2v) is 6.27. The molecular weight excluding hydrogens is 373 g/mol. The highest BCUT2D eigenvalue weighted by molar-refractivity contribution is 6.11. The molecule has 6 nitrogen and oxygen atoms in total. The topological polar surface area (TPSA) is 73.2 Å². The number of benzene rings is 3. The Morgan fingerprint density at radius 3 is 2.28 bits per heavy atom. The van der Waals surface area contributed by atoms with Crippen LogP contribution in [0.3, 0.4) is 0 Å². The highest BCUT2D eigenvalue weighted by Gasteiger charge is 2.17. The number of carbonyl (C=O) groups excluding carboxylic acids is 1. The number of aromatic nitrogens is 2. The molecule has 3 aromatic carbocycles. The molecular formula is C22H16FN3O3. The lowest BCUT2D eigenvalue weighted by Gasteiger charge is -2.12. The minimum atomic E-state index is -0.505. The molecule has 7 heteroatoms. The van der Waals surface area contributed by atoms with Gasteiger partial charge in [0.25, 0.3) is 11.5 Å². The molecule has 1 N–H and O–H groups in total. The van der Waals surface area contributed by atoms with Crippen LogP contribution in [0, 0.1) is 5.82 Å². The zero-order valence-corrected chi connectivity index (χ0v) is 15.4. The molecule has 0 saturated carbocycles. The Morgan fingerprint density at radius 1 is 0.966 bits per heavy atom. The SMILES string of the molecule is COc1ccc(-n2nc(C(=O)Nc3ccc(F)cc3)c3ccccc3c2=O)cc1. The number of ether oxygens (including phenoxy) is 1. The fourth-order valence-corrected chi connectivity index (χ4v) is 2.98. The van der Waals surface area contributed by atoms with Crippen LogP contribution in [0.2, 0.25) is 0 Å². The summed E-state index contributed by atoms with van der Waals surface area (Å²) in [5.74, 6) is -0.272. The Balaban J connectivity index is 1.84. The molecule has 0 atom stereocenters. The van der Waals surface area contributed by atoms with Gasteiger partial charge in [-0.25, -0.2) is 4.39 Å². The second kappa shape index (κ2) is 7.55. The van der Waals surface area contributed by atoms with Crippen LogP contribution in [0.4, 0.5) is 10.1 Å². The predicted molar refractivity (Wildman–Crippen MR) is 108 cm³/mol. The number of fused-ring (bicyclic) bond motifs is 1. The summed E-state index contributed by atoms with van der Waals surface area (Å²) in [5.41, 5.74) is 0.659. The number of methoxy groups -OCH3 is 1. The number of rotatable bonds is 4. The number of nitrogens with zero attached hydrogens (tertiary/aromatic N) is 2. The minimum absolute atomic E-state index is 0.0837. The minimum Gasteiger partial charge on any atom is -0.497 e. The Morgan fingerprint density at radius 2 is 1.62 bits per heavy atom. The van der Waals surface area contributed by atoms with E-state index >= 15 is 0 Å². The molecule has 0 aliphatic heterocycles. The average molecular weight is 389 g/mol. The van der Waals surface area contributed by atoms with E-state index in [1.54, 1.807) is 55.6 Å². The predicted octanol–water partition coefficient (Wildman–Crippen LogP) is 3.79. The van der Waals surface area contributed by atoms with Crippen molar-refractivity contribution in [2.24, 2.45) is 0 Å². The lowest BCUT2D eigenvalue weighted by Crippen LogP contribution is -2.26. The highest BCUT2D eigenvalue weighted by Crippen LogP contribution is 2.19. The van der Waals surface area contributed by atoms with Crippen LogP contribution >= 0.6 is 0 Å². The fraction of sp³-hybridized carbons (Fsp3) is 0.0455. The van der Waals surface area contributed by atoms with Crippen molar-refractivity contribution < 1.29 is 13.9 Å². The molecule has 0 radical (unpaired) electrons.